The molecule has 25 heavy (non-hydrogen) atoms. The largest absolute Gasteiger partial charge is 0.333 e. The molecule has 0 saturated carbocycles. The van der Waals surface area contributed by atoms with Crippen LogP contribution in [0.1, 0.15) is 35.7 Å². The molecule has 0 N–H and O–H groups in total. The van der Waals surface area contributed by atoms with Crippen molar-refractivity contribution >= 4 is 22.9 Å². The van der Waals surface area contributed by atoms with Gasteiger partial charge in [-0.05, 0) is 54.0 Å². The van der Waals surface area contributed by atoms with Crippen molar-refractivity contribution in [1.82, 2.24) is 10.1 Å². The van der Waals surface area contributed by atoms with Gasteiger partial charge in [0.15, 0.2) is 5.82 Å². The maximum Gasteiger partial charge on any atom is 0.267 e. The number of hydrogen-bond acceptors (Lipinski definition) is 5. The Kier molecular flexibility index (Phi) is 3.45. The number of aryl methyl sites for hydroxylation is 2. The lowest BCUT2D eigenvalue weighted by atomic mass is 10.1. The van der Waals surface area contributed by atoms with Crippen LogP contribution in [0.3, 0.4) is 0 Å². The molecule has 1 aromatic carbocycles. The summed E-state index contributed by atoms with van der Waals surface area (Å²) in [6.45, 7) is 0.612. The summed E-state index contributed by atoms with van der Waals surface area (Å²) in [6, 6.07) is 10.3. The topological polar surface area (TPSA) is 59.2 Å². The Morgan fingerprint density at radius 2 is 2.12 bits per heavy atom. The minimum absolute atomic E-state index is 0.0155. The Hall–Kier alpha value is -2.47. The van der Waals surface area contributed by atoms with Crippen LogP contribution >= 0.6 is 11.3 Å². The summed E-state index contributed by atoms with van der Waals surface area (Å²) in [4.78, 5) is 19.9. The Balaban J connectivity index is 1.38. The van der Waals surface area contributed by atoms with Crippen molar-refractivity contribution in [1.29, 1.82) is 0 Å². The quantitative estimate of drug-likeness (QED) is 0.720. The first-order chi connectivity index (χ1) is 12.3. The molecule has 5 rings (SSSR count). The summed E-state index contributed by atoms with van der Waals surface area (Å²) in [5.74, 6) is 1.28. The summed E-state index contributed by atoms with van der Waals surface area (Å²) < 4.78 is 5.38. The zero-order valence-electron chi connectivity index (χ0n) is 13.6. The SMILES string of the molecule is O=C1CC(c2noc(-c3cccs3)n2)CN1c1ccc2c(c1)CCC2. The van der Waals surface area contributed by atoms with Gasteiger partial charge in [-0.3, -0.25) is 4.79 Å². The molecule has 2 aliphatic rings. The Bertz CT molecular complexity index is 932. The van der Waals surface area contributed by atoms with Crippen molar-refractivity contribution in [3.8, 4) is 10.8 Å². The molecule has 1 saturated heterocycles. The highest BCUT2D eigenvalue weighted by atomic mass is 32.1. The van der Waals surface area contributed by atoms with Crippen molar-refractivity contribution < 1.29 is 9.32 Å². The van der Waals surface area contributed by atoms with E-state index in [9.17, 15) is 4.79 Å². The summed E-state index contributed by atoms with van der Waals surface area (Å²) in [5.41, 5.74) is 3.80. The fraction of sp³-hybridized carbons (Fsp3) is 0.316. The molecule has 1 unspecified atom stereocenters. The van der Waals surface area contributed by atoms with Crippen LogP contribution in [-0.4, -0.2) is 22.6 Å². The van der Waals surface area contributed by atoms with E-state index in [-0.39, 0.29) is 11.8 Å². The normalized spacial score (nSPS) is 19.6. The Morgan fingerprint density at radius 3 is 3.00 bits per heavy atom. The highest BCUT2D eigenvalue weighted by molar-refractivity contribution is 7.13. The number of thiophene rings is 1. The number of anilines is 1. The summed E-state index contributed by atoms with van der Waals surface area (Å²) >= 11 is 1.57. The number of rotatable bonds is 3. The summed E-state index contributed by atoms with van der Waals surface area (Å²) in [7, 11) is 0. The molecule has 0 radical (unpaired) electrons. The second kappa shape index (κ2) is 5.81. The van der Waals surface area contributed by atoms with Gasteiger partial charge < -0.3 is 9.42 Å². The van der Waals surface area contributed by atoms with Crippen molar-refractivity contribution in [2.24, 2.45) is 0 Å². The molecule has 6 heteroatoms. The van der Waals surface area contributed by atoms with E-state index in [4.69, 9.17) is 4.52 Å². The molecule has 0 bridgehead atoms. The first-order valence-corrected chi connectivity index (χ1v) is 9.45. The third kappa shape index (κ3) is 2.57. The van der Waals surface area contributed by atoms with E-state index in [1.54, 1.807) is 11.3 Å². The third-order valence-electron chi connectivity index (χ3n) is 5.06. The monoisotopic (exact) mass is 351 g/mol. The van der Waals surface area contributed by atoms with E-state index >= 15 is 0 Å². The van der Waals surface area contributed by atoms with Crippen LogP contribution in [-0.2, 0) is 17.6 Å². The molecule has 1 amide bonds. The van der Waals surface area contributed by atoms with Gasteiger partial charge in [-0.2, -0.15) is 4.98 Å². The zero-order chi connectivity index (χ0) is 16.8. The first kappa shape index (κ1) is 14.8. The molecule has 1 aliphatic carbocycles. The molecule has 1 aliphatic heterocycles. The Labute approximate surface area is 149 Å². The minimum atomic E-state index is -0.0155. The number of amides is 1. The number of carbonyl (C=O) groups excluding carboxylic acids is 1. The molecule has 0 spiro atoms. The van der Waals surface area contributed by atoms with E-state index in [2.05, 4.69) is 28.3 Å². The number of aromatic nitrogens is 2. The van der Waals surface area contributed by atoms with Crippen molar-refractivity contribution in [3.05, 3.63) is 52.7 Å². The number of nitrogens with zero attached hydrogens (tertiary/aromatic N) is 3. The molecule has 1 atom stereocenters. The van der Waals surface area contributed by atoms with E-state index in [1.807, 2.05) is 22.4 Å². The van der Waals surface area contributed by atoms with Crippen molar-refractivity contribution in [2.45, 2.75) is 31.6 Å². The second-order valence-electron chi connectivity index (χ2n) is 6.65. The van der Waals surface area contributed by atoms with Gasteiger partial charge in [0, 0.05) is 24.6 Å². The third-order valence-corrected chi connectivity index (χ3v) is 5.92. The minimum Gasteiger partial charge on any atom is -0.333 e. The number of fused-ring (bicyclic) bond motifs is 1. The van der Waals surface area contributed by atoms with Gasteiger partial charge in [-0.25, -0.2) is 0 Å². The van der Waals surface area contributed by atoms with Crippen molar-refractivity contribution in [3.63, 3.8) is 0 Å². The van der Waals surface area contributed by atoms with Gasteiger partial charge in [-0.15, -0.1) is 11.3 Å². The predicted octanol–water partition coefficient (Wildman–Crippen LogP) is 3.81. The van der Waals surface area contributed by atoms with Crippen molar-refractivity contribution in [2.75, 3.05) is 11.4 Å². The molecule has 5 nitrogen and oxygen atoms in total. The molecular weight excluding hydrogens is 334 g/mol. The van der Waals surface area contributed by atoms with E-state index in [0.29, 0.717) is 24.7 Å². The lowest BCUT2D eigenvalue weighted by Gasteiger charge is -2.17. The van der Waals surface area contributed by atoms with Crippen LogP contribution in [0.4, 0.5) is 5.69 Å². The van der Waals surface area contributed by atoms with E-state index in [1.165, 1.54) is 17.5 Å². The maximum absolute atomic E-state index is 12.5. The predicted molar refractivity (Wildman–Crippen MR) is 95.8 cm³/mol. The molecule has 1 fully saturated rings. The molecular formula is C19H17N3O2S. The highest BCUT2D eigenvalue weighted by Gasteiger charge is 2.35. The fourth-order valence-corrected chi connectivity index (χ4v) is 4.40. The standard InChI is InChI=1S/C19H17N3O2S/c23-17-10-14(18-20-19(24-21-18)16-5-2-8-25-16)11-22(17)15-7-6-12-3-1-4-13(12)9-15/h2,5-9,14H,1,3-4,10-11H2. The van der Waals surface area contributed by atoms with E-state index < -0.39 is 0 Å². The van der Waals surface area contributed by atoms with Gasteiger partial charge in [0.25, 0.3) is 5.89 Å². The zero-order valence-corrected chi connectivity index (χ0v) is 14.5. The number of hydrogen-bond donors (Lipinski definition) is 0. The van der Waals surface area contributed by atoms with Crippen LogP contribution in [0.5, 0.6) is 0 Å². The summed E-state index contributed by atoms with van der Waals surface area (Å²) in [6.07, 6.45) is 3.91. The van der Waals surface area contributed by atoms with Gasteiger partial charge in [0.1, 0.15) is 0 Å². The molecule has 3 heterocycles. The second-order valence-corrected chi connectivity index (χ2v) is 7.59. The highest BCUT2D eigenvalue weighted by Crippen LogP contribution is 2.34. The van der Waals surface area contributed by atoms with Crippen LogP contribution in [0.15, 0.2) is 40.2 Å². The lowest BCUT2D eigenvalue weighted by Crippen LogP contribution is -2.24. The van der Waals surface area contributed by atoms with Crippen LogP contribution < -0.4 is 4.90 Å². The molecule has 126 valence electrons. The molecule has 3 aromatic rings. The van der Waals surface area contributed by atoms with Gasteiger partial charge in [-0.1, -0.05) is 17.3 Å². The average molecular weight is 351 g/mol. The number of benzene rings is 1. The smallest absolute Gasteiger partial charge is 0.267 e. The molecule has 2 aromatic heterocycles. The van der Waals surface area contributed by atoms with E-state index in [0.717, 1.165) is 23.4 Å². The van der Waals surface area contributed by atoms with Gasteiger partial charge in [0.2, 0.25) is 5.91 Å². The average Bonchev–Trinajstić information content (AvgIpc) is 3.39. The summed E-state index contributed by atoms with van der Waals surface area (Å²) in [5, 5.41) is 6.10. The van der Waals surface area contributed by atoms with Gasteiger partial charge >= 0.3 is 0 Å². The first-order valence-electron chi connectivity index (χ1n) is 8.57. The fourth-order valence-electron chi connectivity index (χ4n) is 3.76. The lowest BCUT2D eigenvalue weighted by molar-refractivity contribution is -0.117. The van der Waals surface area contributed by atoms with Crippen LogP contribution in [0, 0.1) is 0 Å². The van der Waals surface area contributed by atoms with Crippen LogP contribution in [0.25, 0.3) is 10.8 Å². The van der Waals surface area contributed by atoms with Crippen LogP contribution in [0.2, 0.25) is 0 Å². The Morgan fingerprint density at radius 1 is 1.20 bits per heavy atom. The number of carbonyl (C=O) groups is 1. The maximum atomic E-state index is 12.5. The van der Waals surface area contributed by atoms with Gasteiger partial charge in [0.05, 0.1) is 4.88 Å².